The van der Waals surface area contributed by atoms with Gasteiger partial charge in [0, 0.05) is 28.1 Å². The molecule has 0 aliphatic heterocycles. The van der Waals surface area contributed by atoms with Gasteiger partial charge in [0.05, 0.1) is 16.8 Å². The monoisotopic (exact) mass is 565 g/mol. The molecular weight excluding hydrogens is 544 g/mol. The Bertz CT molecular complexity index is 719. The molecule has 2 atom stereocenters. The number of methoxy groups -OCH3 is 1. The van der Waals surface area contributed by atoms with Gasteiger partial charge in [0.15, 0.2) is 5.78 Å². The van der Waals surface area contributed by atoms with E-state index in [4.69, 9.17) is 4.74 Å². The van der Waals surface area contributed by atoms with Crippen molar-refractivity contribution >= 4 is 51.0 Å². The highest BCUT2D eigenvalue weighted by molar-refractivity contribution is 14.1. The van der Waals surface area contributed by atoms with Crippen LogP contribution in [0.25, 0.3) is 0 Å². The summed E-state index contributed by atoms with van der Waals surface area (Å²) in [6, 6.07) is 13.1. The third-order valence-corrected chi connectivity index (χ3v) is 5.59. The highest BCUT2D eigenvalue weighted by Gasteiger charge is 2.16. The first-order valence-corrected chi connectivity index (χ1v) is 10.1. The van der Waals surface area contributed by atoms with Crippen molar-refractivity contribution in [2.24, 2.45) is 0 Å². The molecule has 2 aromatic carbocycles. The number of benzene rings is 2. The Labute approximate surface area is 175 Å². The number of hydrogen-bond donors (Lipinski definition) is 2. The first kappa shape index (κ1) is 20.6. The largest absolute Gasteiger partial charge is 0.496 e. The third-order valence-electron chi connectivity index (χ3n) is 3.98. The Kier molecular flexibility index (Phi) is 8.11. The summed E-state index contributed by atoms with van der Waals surface area (Å²) in [5, 5.41) is 13.6. The molecule has 0 spiro atoms. The summed E-state index contributed by atoms with van der Waals surface area (Å²) in [6.07, 6.45) is -0.237. The molecule has 0 heterocycles. The summed E-state index contributed by atoms with van der Waals surface area (Å²) in [6.45, 7) is 2.43. The van der Waals surface area contributed by atoms with Crippen LogP contribution in [-0.4, -0.2) is 30.6 Å². The molecule has 25 heavy (non-hydrogen) atoms. The molecule has 2 aromatic rings. The Morgan fingerprint density at radius 2 is 1.88 bits per heavy atom. The minimum Gasteiger partial charge on any atom is -0.496 e. The van der Waals surface area contributed by atoms with Crippen LogP contribution in [0.4, 0.5) is 0 Å². The van der Waals surface area contributed by atoms with Crippen molar-refractivity contribution < 1.29 is 14.6 Å². The highest BCUT2D eigenvalue weighted by atomic mass is 127. The molecule has 2 rings (SSSR count). The zero-order valence-electron chi connectivity index (χ0n) is 14.1. The van der Waals surface area contributed by atoms with Gasteiger partial charge in [-0.2, -0.15) is 0 Å². The van der Waals surface area contributed by atoms with Crippen molar-refractivity contribution in [2.45, 2.75) is 25.5 Å². The maximum Gasteiger partial charge on any atom is 0.164 e. The quantitative estimate of drug-likeness (QED) is 0.373. The van der Waals surface area contributed by atoms with E-state index in [1.54, 1.807) is 13.2 Å². The lowest BCUT2D eigenvalue weighted by molar-refractivity contribution is 0.0972. The van der Waals surface area contributed by atoms with E-state index >= 15 is 0 Å². The Morgan fingerprint density at radius 3 is 2.52 bits per heavy atom. The molecule has 0 bridgehead atoms. The lowest BCUT2D eigenvalue weighted by atomic mass is 10.0. The van der Waals surface area contributed by atoms with Gasteiger partial charge in [0.25, 0.3) is 0 Å². The lowest BCUT2D eigenvalue weighted by Crippen LogP contribution is -2.33. The number of aliphatic hydroxyl groups excluding tert-OH is 1. The van der Waals surface area contributed by atoms with Crippen LogP contribution >= 0.6 is 45.2 Å². The Morgan fingerprint density at radius 1 is 1.20 bits per heavy atom. The molecule has 6 heteroatoms. The molecule has 0 aliphatic carbocycles. The Balaban J connectivity index is 1.87. The minimum absolute atomic E-state index is 0.0538. The third kappa shape index (κ3) is 5.90. The summed E-state index contributed by atoms with van der Waals surface area (Å²) in [4.78, 5) is 12.3. The van der Waals surface area contributed by atoms with Gasteiger partial charge in [0.2, 0.25) is 0 Å². The van der Waals surface area contributed by atoms with Crippen molar-refractivity contribution in [3.63, 3.8) is 0 Å². The van der Waals surface area contributed by atoms with Crippen molar-refractivity contribution in [2.75, 3.05) is 13.7 Å². The Hall–Kier alpha value is -0.710. The van der Waals surface area contributed by atoms with Crippen LogP contribution in [0.15, 0.2) is 42.5 Å². The SMILES string of the molecule is COc1cc(C(=O)CCNC(C)[C@H](O)c2ccc(I)cc2)ccc1I. The lowest BCUT2D eigenvalue weighted by Gasteiger charge is -2.20. The first-order chi connectivity index (χ1) is 11.9. The maximum absolute atomic E-state index is 12.3. The number of Topliss-reactive ketones (excluding diaryl/α,β-unsaturated/α-hetero) is 1. The van der Waals surface area contributed by atoms with E-state index in [9.17, 15) is 9.90 Å². The van der Waals surface area contributed by atoms with Gasteiger partial charge in [-0.25, -0.2) is 0 Å². The fourth-order valence-corrected chi connectivity index (χ4v) is 3.37. The van der Waals surface area contributed by atoms with Gasteiger partial charge in [-0.3, -0.25) is 4.79 Å². The van der Waals surface area contributed by atoms with Crippen LogP contribution < -0.4 is 10.1 Å². The number of nitrogens with one attached hydrogen (secondary N) is 1. The van der Waals surface area contributed by atoms with Gasteiger partial charge in [-0.1, -0.05) is 18.2 Å². The van der Waals surface area contributed by atoms with Gasteiger partial charge >= 0.3 is 0 Å². The van der Waals surface area contributed by atoms with E-state index in [0.717, 1.165) is 12.7 Å². The van der Waals surface area contributed by atoms with Crippen LogP contribution in [-0.2, 0) is 0 Å². The normalized spacial score (nSPS) is 13.3. The van der Waals surface area contributed by atoms with Crippen LogP contribution in [0.2, 0.25) is 0 Å². The fourth-order valence-electron chi connectivity index (χ4n) is 2.45. The molecule has 0 amide bonds. The van der Waals surface area contributed by atoms with Crippen molar-refractivity contribution in [1.29, 1.82) is 0 Å². The second-order valence-electron chi connectivity index (χ2n) is 5.76. The van der Waals surface area contributed by atoms with Crippen molar-refractivity contribution in [1.82, 2.24) is 5.32 Å². The average Bonchev–Trinajstić information content (AvgIpc) is 2.61. The molecular formula is C19H21I2NO3. The van der Waals surface area contributed by atoms with Gasteiger partial charge in [0.1, 0.15) is 5.75 Å². The number of aliphatic hydroxyl groups is 1. The second kappa shape index (κ2) is 9.84. The summed E-state index contributed by atoms with van der Waals surface area (Å²) < 4.78 is 7.37. The van der Waals surface area contributed by atoms with Gasteiger partial charge < -0.3 is 15.2 Å². The molecule has 134 valence electrons. The highest BCUT2D eigenvalue weighted by Crippen LogP contribution is 2.22. The van der Waals surface area contributed by atoms with Crippen LogP contribution in [0.5, 0.6) is 5.75 Å². The molecule has 0 fully saturated rings. The molecule has 0 aromatic heterocycles. The zero-order chi connectivity index (χ0) is 18.4. The minimum atomic E-state index is -0.606. The topological polar surface area (TPSA) is 58.6 Å². The number of carbonyl (C=O) groups excluding carboxylic acids is 1. The molecule has 4 nitrogen and oxygen atoms in total. The number of ketones is 1. The van der Waals surface area contributed by atoms with E-state index in [-0.39, 0.29) is 11.8 Å². The maximum atomic E-state index is 12.3. The number of ether oxygens (including phenoxy) is 1. The van der Waals surface area contributed by atoms with E-state index in [2.05, 4.69) is 50.5 Å². The number of hydrogen-bond acceptors (Lipinski definition) is 4. The number of carbonyl (C=O) groups is 1. The van der Waals surface area contributed by atoms with Crippen LogP contribution in [0, 0.1) is 7.14 Å². The van der Waals surface area contributed by atoms with E-state index in [1.165, 1.54) is 0 Å². The molecule has 0 saturated carbocycles. The molecule has 0 aliphatic rings. The number of rotatable bonds is 8. The predicted octanol–water partition coefficient (Wildman–Crippen LogP) is 4.19. The van der Waals surface area contributed by atoms with Crippen molar-refractivity contribution in [3.05, 3.63) is 60.7 Å². The summed E-state index contributed by atoms with van der Waals surface area (Å²) >= 11 is 4.41. The standard InChI is InChI=1S/C19H21I2NO3/c1-12(19(24)13-3-6-15(20)7-4-13)22-10-9-17(23)14-5-8-16(21)18(11-14)25-2/h3-8,11-12,19,22,24H,9-10H2,1-2H3/t12?,19-/m0/s1. The van der Waals surface area contributed by atoms with Gasteiger partial charge in [-0.05, 0) is 81.9 Å². The smallest absolute Gasteiger partial charge is 0.164 e. The second-order valence-corrected chi connectivity index (χ2v) is 8.17. The fraction of sp³-hybridized carbons (Fsp3) is 0.316. The molecule has 2 N–H and O–H groups in total. The summed E-state index contributed by atoms with van der Waals surface area (Å²) in [7, 11) is 1.60. The summed E-state index contributed by atoms with van der Waals surface area (Å²) in [5.41, 5.74) is 1.51. The van der Waals surface area contributed by atoms with E-state index < -0.39 is 6.10 Å². The molecule has 0 radical (unpaired) electrons. The summed E-state index contributed by atoms with van der Waals surface area (Å²) in [5.74, 6) is 0.764. The molecule has 1 unspecified atom stereocenters. The molecule has 0 saturated heterocycles. The van der Waals surface area contributed by atoms with E-state index in [0.29, 0.717) is 24.3 Å². The zero-order valence-corrected chi connectivity index (χ0v) is 18.4. The van der Waals surface area contributed by atoms with E-state index in [1.807, 2.05) is 43.3 Å². The van der Waals surface area contributed by atoms with Crippen molar-refractivity contribution in [3.8, 4) is 5.75 Å². The predicted molar refractivity (Wildman–Crippen MR) is 116 cm³/mol. The number of halogens is 2. The van der Waals surface area contributed by atoms with Crippen LogP contribution in [0.3, 0.4) is 0 Å². The van der Waals surface area contributed by atoms with Gasteiger partial charge in [-0.15, -0.1) is 0 Å². The average molecular weight is 565 g/mol. The first-order valence-electron chi connectivity index (χ1n) is 7.96. The van der Waals surface area contributed by atoms with Crippen LogP contribution in [0.1, 0.15) is 35.4 Å².